The van der Waals surface area contributed by atoms with E-state index >= 15 is 0 Å². The highest BCUT2D eigenvalue weighted by atomic mass is 19.3. The van der Waals surface area contributed by atoms with Crippen molar-refractivity contribution in [3.63, 3.8) is 0 Å². The zero-order valence-electron chi connectivity index (χ0n) is 12.8. The molecule has 2 aliphatic rings. The summed E-state index contributed by atoms with van der Waals surface area (Å²) in [4.78, 5) is 20.0. The second kappa shape index (κ2) is 5.82. The molecule has 0 saturated carbocycles. The molecule has 2 fully saturated rings. The zero-order chi connectivity index (χ0) is 16.6. The van der Waals surface area contributed by atoms with Crippen molar-refractivity contribution in [2.24, 2.45) is 5.92 Å². The van der Waals surface area contributed by atoms with Crippen molar-refractivity contribution in [3.05, 3.63) is 12.1 Å². The van der Waals surface area contributed by atoms with Gasteiger partial charge >= 0.3 is 0 Å². The summed E-state index contributed by atoms with van der Waals surface area (Å²) in [6.07, 6.45) is 1.28. The Labute approximate surface area is 133 Å². The molecule has 23 heavy (non-hydrogen) atoms. The van der Waals surface area contributed by atoms with Crippen LogP contribution in [0.2, 0.25) is 0 Å². The van der Waals surface area contributed by atoms with E-state index in [1.54, 1.807) is 12.1 Å². The molecule has 8 heteroatoms. The number of piperidine rings is 1. The van der Waals surface area contributed by atoms with E-state index in [2.05, 4.69) is 4.98 Å². The van der Waals surface area contributed by atoms with Gasteiger partial charge in [-0.1, -0.05) is 0 Å². The van der Waals surface area contributed by atoms with Gasteiger partial charge in [0.1, 0.15) is 11.6 Å². The van der Waals surface area contributed by atoms with Crippen LogP contribution in [-0.4, -0.2) is 47.9 Å². The van der Waals surface area contributed by atoms with Gasteiger partial charge in [0.25, 0.3) is 5.92 Å². The van der Waals surface area contributed by atoms with E-state index in [-0.39, 0.29) is 30.6 Å². The van der Waals surface area contributed by atoms with E-state index in [4.69, 9.17) is 11.5 Å². The first-order chi connectivity index (χ1) is 10.9. The topological polar surface area (TPSA) is 88.5 Å². The Bertz CT molecular complexity index is 610. The lowest BCUT2D eigenvalue weighted by atomic mass is 9.96. The molecule has 0 bridgehead atoms. The summed E-state index contributed by atoms with van der Waals surface area (Å²) in [5.74, 6) is -2.29. The molecule has 3 heterocycles. The third-order valence-electron chi connectivity index (χ3n) is 4.52. The molecule has 0 unspecified atom stereocenters. The number of carbonyl (C=O) groups is 1. The summed E-state index contributed by atoms with van der Waals surface area (Å²) in [5, 5.41) is 0. The van der Waals surface area contributed by atoms with Crippen LogP contribution in [-0.2, 0) is 4.79 Å². The highest BCUT2D eigenvalue weighted by Crippen LogP contribution is 2.30. The van der Waals surface area contributed by atoms with Crippen LogP contribution in [0.5, 0.6) is 0 Å². The fourth-order valence-corrected chi connectivity index (χ4v) is 3.22. The normalized spacial score (nSPS) is 24.0. The fraction of sp³-hybridized carbons (Fsp3) is 0.600. The average Bonchev–Trinajstić information content (AvgIpc) is 2.89. The standard InChI is InChI=1S/C15H21F2N5O/c16-15(17)5-7-22(9-15)14(23)10-2-1-6-21(8-10)12-4-3-11(18)13(19)20-12/h3-4,10H,1-2,5-9,18H2,(H2,19,20)/t10-/m1/s1. The number of aromatic nitrogens is 1. The van der Waals surface area contributed by atoms with Crippen molar-refractivity contribution in [3.8, 4) is 0 Å². The van der Waals surface area contributed by atoms with Crippen LogP contribution in [0.4, 0.5) is 26.1 Å². The lowest BCUT2D eigenvalue weighted by Crippen LogP contribution is -2.45. The van der Waals surface area contributed by atoms with Crippen LogP contribution in [0.3, 0.4) is 0 Å². The van der Waals surface area contributed by atoms with Crippen LogP contribution in [0.15, 0.2) is 12.1 Å². The Kier molecular flexibility index (Phi) is 3.99. The van der Waals surface area contributed by atoms with Crippen molar-refractivity contribution < 1.29 is 13.6 Å². The van der Waals surface area contributed by atoms with E-state index in [0.29, 0.717) is 24.5 Å². The first kappa shape index (κ1) is 15.8. The first-order valence-electron chi connectivity index (χ1n) is 7.79. The monoisotopic (exact) mass is 325 g/mol. The fourth-order valence-electron chi connectivity index (χ4n) is 3.22. The lowest BCUT2D eigenvalue weighted by Gasteiger charge is -2.34. The first-order valence-corrected chi connectivity index (χ1v) is 7.79. The number of likely N-dealkylation sites (tertiary alicyclic amines) is 1. The van der Waals surface area contributed by atoms with Gasteiger partial charge in [-0.05, 0) is 25.0 Å². The van der Waals surface area contributed by atoms with Gasteiger partial charge in [0, 0.05) is 26.1 Å². The second-order valence-electron chi connectivity index (χ2n) is 6.29. The molecule has 2 aliphatic heterocycles. The van der Waals surface area contributed by atoms with E-state index in [9.17, 15) is 13.6 Å². The van der Waals surface area contributed by atoms with Crippen molar-refractivity contribution in [2.75, 3.05) is 42.5 Å². The Morgan fingerprint density at radius 3 is 2.74 bits per heavy atom. The predicted octanol–water partition coefficient (Wildman–Crippen LogP) is 1.33. The second-order valence-corrected chi connectivity index (χ2v) is 6.29. The number of hydrogen-bond donors (Lipinski definition) is 2. The third-order valence-corrected chi connectivity index (χ3v) is 4.52. The van der Waals surface area contributed by atoms with Crippen LogP contribution in [0.25, 0.3) is 0 Å². The summed E-state index contributed by atoms with van der Waals surface area (Å²) < 4.78 is 26.6. The van der Waals surface area contributed by atoms with E-state index in [1.807, 2.05) is 4.90 Å². The molecule has 4 N–H and O–H groups in total. The number of anilines is 3. The molecular weight excluding hydrogens is 304 g/mol. The molecule has 0 radical (unpaired) electrons. The van der Waals surface area contributed by atoms with E-state index in [0.717, 1.165) is 13.0 Å². The quantitative estimate of drug-likeness (QED) is 0.856. The van der Waals surface area contributed by atoms with Crippen molar-refractivity contribution in [1.29, 1.82) is 0 Å². The maximum absolute atomic E-state index is 13.3. The molecular formula is C15H21F2N5O. The maximum atomic E-state index is 13.3. The van der Waals surface area contributed by atoms with Crippen molar-refractivity contribution in [2.45, 2.75) is 25.2 Å². The van der Waals surface area contributed by atoms with Gasteiger partial charge < -0.3 is 21.3 Å². The minimum absolute atomic E-state index is 0.134. The lowest BCUT2D eigenvalue weighted by molar-refractivity contribution is -0.136. The van der Waals surface area contributed by atoms with Crippen LogP contribution in [0.1, 0.15) is 19.3 Å². The summed E-state index contributed by atoms with van der Waals surface area (Å²) in [7, 11) is 0. The number of nitrogens with two attached hydrogens (primary N) is 2. The van der Waals surface area contributed by atoms with Crippen LogP contribution in [0, 0.1) is 5.92 Å². The minimum Gasteiger partial charge on any atom is -0.396 e. The highest BCUT2D eigenvalue weighted by molar-refractivity contribution is 5.80. The van der Waals surface area contributed by atoms with Gasteiger partial charge in [-0.15, -0.1) is 0 Å². The Balaban J connectivity index is 1.68. The van der Waals surface area contributed by atoms with Gasteiger partial charge in [-0.25, -0.2) is 13.8 Å². The minimum atomic E-state index is -2.75. The van der Waals surface area contributed by atoms with Crippen LogP contribution < -0.4 is 16.4 Å². The molecule has 6 nitrogen and oxygen atoms in total. The Morgan fingerprint density at radius 1 is 1.30 bits per heavy atom. The van der Waals surface area contributed by atoms with Gasteiger partial charge in [-0.2, -0.15) is 0 Å². The molecule has 1 atom stereocenters. The summed E-state index contributed by atoms with van der Waals surface area (Å²) in [6.45, 7) is 0.901. The SMILES string of the molecule is Nc1ccc(N2CCC[C@@H](C(=O)N3CCC(F)(F)C3)C2)nc1N. The van der Waals surface area contributed by atoms with E-state index < -0.39 is 12.5 Å². The zero-order valence-corrected chi connectivity index (χ0v) is 12.8. The number of nitrogen functional groups attached to an aromatic ring is 2. The number of alkyl halides is 2. The van der Waals surface area contributed by atoms with Crippen LogP contribution >= 0.6 is 0 Å². The molecule has 3 rings (SSSR count). The van der Waals surface area contributed by atoms with Gasteiger partial charge in [0.2, 0.25) is 5.91 Å². The number of carbonyl (C=O) groups excluding carboxylic acids is 1. The van der Waals surface area contributed by atoms with Gasteiger partial charge in [0.05, 0.1) is 18.2 Å². The highest BCUT2D eigenvalue weighted by Gasteiger charge is 2.42. The number of rotatable bonds is 2. The molecule has 2 saturated heterocycles. The third kappa shape index (κ3) is 3.30. The Hall–Kier alpha value is -2.12. The van der Waals surface area contributed by atoms with E-state index in [1.165, 1.54) is 4.90 Å². The molecule has 1 aromatic rings. The molecule has 0 aliphatic carbocycles. The largest absolute Gasteiger partial charge is 0.396 e. The number of hydrogen-bond acceptors (Lipinski definition) is 5. The number of amides is 1. The predicted molar refractivity (Wildman–Crippen MR) is 84.1 cm³/mol. The summed E-state index contributed by atoms with van der Waals surface area (Å²) in [5.41, 5.74) is 11.8. The smallest absolute Gasteiger partial charge is 0.267 e. The molecule has 126 valence electrons. The van der Waals surface area contributed by atoms with Crippen molar-refractivity contribution in [1.82, 2.24) is 9.88 Å². The molecule has 1 aromatic heterocycles. The van der Waals surface area contributed by atoms with Gasteiger partial charge in [0.15, 0.2) is 0 Å². The molecule has 0 aromatic carbocycles. The number of pyridine rings is 1. The molecule has 0 spiro atoms. The maximum Gasteiger partial charge on any atom is 0.267 e. The number of halogens is 2. The number of nitrogens with zero attached hydrogens (tertiary/aromatic N) is 3. The summed E-state index contributed by atoms with van der Waals surface area (Å²) >= 11 is 0. The molecule has 1 amide bonds. The van der Waals surface area contributed by atoms with Crippen molar-refractivity contribution >= 4 is 23.2 Å². The Morgan fingerprint density at radius 2 is 2.09 bits per heavy atom. The summed E-state index contributed by atoms with van der Waals surface area (Å²) in [6, 6.07) is 3.45. The van der Waals surface area contributed by atoms with Gasteiger partial charge in [-0.3, -0.25) is 4.79 Å². The average molecular weight is 325 g/mol.